The van der Waals surface area contributed by atoms with Gasteiger partial charge in [0.15, 0.2) is 11.6 Å². The Bertz CT molecular complexity index is 1480. The monoisotopic (exact) mass is 537 g/mol. The van der Waals surface area contributed by atoms with Crippen molar-refractivity contribution in [2.24, 2.45) is 0 Å². The van der Waals surface area contributed by atoms with Crippen molar-refractivity contribution in [3.8, 4) is 11.3 Å². The minimum atomic E-state index is -1.21. The summed E-state index contributed by atoms with van der Waals surface area (Å²) >= 11 is 0. The molecule has 0 radical (unpaired) electrons. The maximum Gasteiger partial charge on any atom is 0.229 e. The van der Waals surface area contributed by atoms with E-state index in [2.05, 4.69) is 37.1 Å². The summed E-state index contributed by atoms with van der Waals surface area (Å²) in [6.45, 7) is 10.2. The number of likely N-dealkylation sites (tertiary alicyclic amines) is 1. The zero-order chi connectivity index (χ0) is 27.9. The zero-order valence-corrected chi connectivity index (χ0v) is 22.5. The molecule has 0 aliphatic carbocycles. The van der Waals surface area contributed by atoms with Gasteiger partial charge in [-0.3, -0.25) is 0 Å². The molecular formula is C28H33F2N7O2. The largest absolute Gasteiger partial charge is 0.387 e. The number of nitrogens with one attached hydrogen (secondary N) is 1. The van der Waals surface area contributed by atoms with Crippen molar-refractivity contribution in [1.29, 1.82) is 0 Å². The minimum absolute atomic E-state index is 0.0366. The fourth-order valence-corrected chi connectivity index (χ4v) is 5.28. The Hall–Kier alpha value is -3.54. The van der Waals surface area contributed by atoms with Crippen molar-refractivity contribution < 1.29 is 19.0 Å². The summed E-state index contributed by atoms with van der Waals surface area (Å²) in [5.41, 5.74) is 0.271. The number of imidazole rings is 1. The number of hydrogen-bond donors (Lipinski definition) is 3. The molecule has 39 heavy (non-hydrogen) atoms. The molecule has 1 aromatic carbocycles. The number of rotatable bonds is 7. The van der Waals surface area contributed by atoms with E-state index in [1.807, 2.05) is 18.4 Å². The Morgan fingerprint density at radius 3 is 2.44 bits per heavy atom. The molecular weight excluding hydrogens is 504 g/mol. The van der Waals surface area contributed by atoms with E-state index >= 15 is 0 Å². The van der Waals surface area contributed by atoms with Gasteiger partial charge < -0.3 is 25.0 Å². The molecule has 1 aliphatic rings. The smallest absolute Gasteiger partial charge is 0.229 e. The Morgan fingerprint density at radius 2 is 1.79 bits per heavy atom. The lowest BCUT2D eigenvalue weighted by Gasteiger charge is -2.40. The van der Waals surface area contributed by atoms with E-state index in [0.717, 1.165) is 25.8 Å². The molecule has 3 aromatic heterocycles. The second-order valence-corrected chi connectivity index (χ2v) is 10.4. The predicted molar refractivity (Wildman–Crippen MR) is 145 cm³/mol. The first-order chi connectivity index (χ1) is 18.6. The van der Waals surface area contributed by atoms with Crippen molar-refractivity contribution in [1.82, 2.24) is 29.4 Å². The quantitative estimate of drug-likeness (QED) is 0.312. The van der Waals surface area contributed by atoms with Gasteiger partial charge in [-0.05, 0) is 58.4 Å². The van der Waals surface area contributed by atoms with Crippen LogP contribution in [0.5, 0.6) is 0 Å². The molecule has 0 saturated carbocycles. The Kier molecular flexibility index (Phi) is 7.32. The van der Waals surface area contributed by atoms with Crippen LogP contribution in [0, 0.1) is 18.6 Å². The summed E-state index contributed by atoms with van der Waals surface area (Å²) in [6.07, 6.45) is 2.38. The molecule has 1 saturated heterocycles. The van der Waals surface area contributed by atoms with Crippen LogP contribution in [-0.4, -0.2) is 64.9 Å². The minimum Gasteiger partial charge on any atom is -0.387 e. The first kappa shape index (κ1) is 27.0. The summed E-state index contributed by atoms with van der Waals surface area (Å²) < 4.78 is 31.7. The number of aliphatic hydroxyl groups is 2. The maximum atomic E-state index is 15.0. The van der Waals surface area contributed by atoms with Gasteiger partial charge in [-0.25, -0.2) is 28.7 Å². The highest BCUT2D eigenvalue weighted by Crippen LogP contribution is 2.35. The average molecular weight is 538 g/mol. The molecule has 1 fully saturated rings. The number of pyridine rings is 1. The number of nitrogens with zero attached hydrogens (tertiary/aromatic N) is 6. The Balaban J connectivity index is 1.38. The van der Waals surface area contributed by atoms with Gasteiger partial charge in [-0.2, -0.15) is 0 Å². The van der Waals surface area contributed by atoms with Gasteiger partial charge in [0.2, 0.25) is 5.95 Å². The molecule has 0 bridgehead atoms. The zero-order valence-electron chi connectivity index (χ0n) is 22.5. The molecule has 11 heteroatoms. The topological polar surface area (TPSA) is 112 Å². The van der Waals surface area contributed by atoms with Gasteiger partial charge >= 0.3 is 0 Å². The van der Waals surface area contributed by atoms with Gasteiger partial charge in [-0.1, -0.05) is 13.0 Å². The van der Waals surface area contributed by atoms with Gasteiger partial charge in [0, 0.05) is 36.5 Å². The molecule has 5 rings (SSSR count). The van der Waals surface area contributed by atoms with E-state index < -0.39 is 23.3 Å². The number of piperidine rings is 1. The van der Waals surface area contributed by atoms with Crippen molar-refractivity contribution in [2.45, 2.75) is 58.3 Å². The van der Waals surface area contributed by atoms with Crippen molar-refractivity contribution in [2.75, 3.05) is 25.0 Å². The lowest BCUT2D eigenvalue weighted by atomic mass is 9.83. The van der Waals surface area contributed by atoms with E-state index in [4.69, 9.17) is 0 Å². The van der Waals surface area contributed by atoms with E-state index in [-0.39, 0.29) is 28.8 Å². The highest BCUT2D eigenvalue weighted by molar-refractivity contribution is 5.83. The molecule has 9 nitrogen and oxygen atoms in total. The lowest BCUT2D eigenvalue weighted by Crippen LogP contribution is -2.47. The van der Waals surface area contributed by atoms with Crippen molar-refractivity contribution in [3.63, 3.8) is 0 Å². The highest BCUT2D eigenvalue weighted by Gasteiger charge is 2.39. The van der Waals surface area contributed by atoms with Crippen molar-refractivity contribution in [3.05, 3.63) is 59.7 Å². The van der Waals surface area contributed by atoms with Gasteiger partial charge in [-0.15, -0.1) is 0 Å². The third-order valence-electron chi connectivity index (χ3n) is 7.48. The fourth-order valence-electron chi connectivity index (χ4n) is 5.28. The van der Waals surface area contributed by atoms with Crippen molar-refractivity contribution >= 4 is 22.8 Å². The second kappa shape index (κ2) is 10.6. The summed E-state index contributed by atoms with van der Waals surface area (Å²) in [5.74, 6) is -0.145. The standard InChI is InChI=1S/C28H33F2N7O2/c1-5-36-10-8-28(39,9-11-36)26(38)18-6-7-23(31-14-18)34-27-32-15-21(30)24(35-27)19-12-20(29)25-22(13-19)37(16(2)3)17(4)33-25/h6-7,12-16,26,38-39H,5,8-11H2,1-4H3,(H,31,32,34,35). The van der Waals surface area contributed by atoms with Crippen LogP contribution < -0.4 is 5.32 Å². The second-order valence-electron chi connectivity index (χ2n) is 10.4. The normalized spacial score (nSPS) is 16.6. The van der Waals surface area contributed by atoms with Crippen LogP contribution in [0.2, 0.25) is 0 Å². The van der Waals surface area contributed by atoms with Crippen LogP contribution in [0.4, 0.5) is 20.5 Å². The lowest BCUT2D eigenvalue weighted by molar-refractivity contribution is -0.110. The number of benzene rings is 1. The van der Waals surface area contributed by atoms with E-state index in [1.165, 1.54) is 12.3 Å². The van der Waals surface area contributed by atoms with Gasteiger partial charge in [0.1, 0.15) is 29.0 Å². The first-order valence-corrected chi connectivity index (χ1v) is 13.2. The molecule has 4 heterocycles. The number of anilines is 2. The number of fused-ring (bicyclic) bond motifs is 1. The molecule has 1 aliphatic heterocycles. The molecule has 0 amide bonds. The molecule has 1 unspecified atom stereocenters. The number of aryl methyl sites for hydroxylation is 1. The van der Waals surface area contributed by atoms with Crippen LogP contribution >= 0.6 is 0 Å². The molecule has 3 N–H and O–H groups in total. The summed E-state index contributed by atoms with van der Waals surface area (Å²) in [5, 5.41) is 24.8. The Labute approximate surface area is 225 Å². The number of hydrogen-bond acceptors (Lipinski definition) is 8. The summed E-state index contributed by atoms with van der Waals surface area (Å²) in [7, 11) is 0. The molecule has 1 atom stereocenters. The van der Waals surface area contributed by atoms with Crippen LogP contribution in [-0.2, 0) is 0 Å². The van der Waals surface area contributed by atoms with Crippen LogP contribution in [0.3, 0.4) is 0 Å². The molecule has 0 spiro atoms. The third kappa shape index (κ3) is 5.21. The maximum absolute atomic E-state index is 15.0. The fraction of sp³-hybridized carbons (Fsp3) is 0.429. The van der Waals surface area contributed by atoms with Crippen LogP contribution in [0.15, 0.2) is 36.7 Å². The summed E-state index contributed by atoms with van der Waals surface area (Å²) in [6, 6.07) is 6.24. The third-order valence-corrected chi connectivity index (χ3v) is 7.48. The summed E-state index contributed by atoms with van der Waals surface area (Å²) in [4.78, 5) is 19.2. The SMILES string of the molecule is CCN1CCC(O)(C(O)c2ccc(Nc3ncc(F)c(-c4cc(F)c5nc(C)n(C(C)C)c5c4)n3)nc2)CC1. The van der Waals surface area contributed by atoms with Gasteiger partial charge in [0.05, 0.1) is 17.3 Å². The molecule has 4 aromatic rings. The number of halogens is 2. The van der Waals surface area contributed by atoms with Crippen LogP contribution in [0.1, 0.15) is 57.1 Å². The number of aromatic nitrogens is 5. The predicted octanol–water partition coefficient (Wildman–Crippen LogP) is 4.68. The molecule has 206 valence electrons. The van der Waals surface area contributed by atoms with E-state index in [1.54, 1.807) is 25.1 Å². The van der Waals surface area contributed by atoms with Gasteiger partial charge in [0.25, 0.3) is 0 Å². The Morgan fingerprint density at radius 1 is 1.05 bits per heavy atom. The average Bonchev–Trinajstić information content (AvgIpc) is 3.27. The van der Waals surface area contributed by atoms with E-state index in [9.17, 15) is 19.0 Å². The number of aliphatic hydroxyl groups excluding tert-OH is 1. The highest BCUT2D eigenvalue weighted by atomic mass is 19.1. The van der Waals surface area contributed by atoms with Crippen LogP contribution in [0.25, 0.3) is 22.3 Å². The first-order valence-electron chi connectivity index (χ1n) is 13.2. The van der Waals surface area contributed by atoms with E-state index in [0.29, 0.717) is 35.6 Å².